The Labute approximate surface area is 134 Å². The molecule has 0 heterocycles. The van der Waals surface area contributed by atoms with Crippen LogP contribution in [0.4, 0.5) is 0 Å². The van der Waals surface area contributed by atoms with Gasteiger partial charge >= 0.3 is 0 Å². The molecule has 1 aromatic carbocycles. The summed E-state index contributed by atoms with van der Waals surface area (Å²) in [6.07, 6.45) is 8.56. The topological polar surface area (TPSA) is 59.6 Å². The van der Waals surface area contributed by atoms with Gasteiger partial charge < -0.3 is 15.8 Å². The second-order valence-electron chi connectivity index (χ2n) is 6.17. The number of nitrogens with zero attached hydrogens (tertiary/aromatic N) is 1. The average Bonchev–Trinajstić information content (AvgIpc) is 2.76. The Balaban J connectivity index is 1.84. The van der Waals surface area contributed by atoms with Crippen LogP contribution in [0.1, 0.15) is 49.7 Å². The number of nitrogens with two attached hydrogens (primary N) is 1. The normalized spacial score (nSPS) is 17.1. The molecule has 122 valence electrons. The molecule has 1 fully saturated rings. The fraction of sp³-hybridized carbons (Fsp3) is 0.611. The lowest BCUT2D eigenvalue weighted by Crippen LogP contribution is -2.40. The summed E-state index contributed by atoms with van der Waals surface area (Å²) in [4.78, 5) is 4.48. The van der Waals surface area contributed by atoms with Crippen molar-refractivity contribution in [1.82, 2.24) is 5.32 Å². The third-order valence-electron chi connectivity index (χ3n) is 4.31. The molecular weight excluding hydrogens is 274 g/mol. The maximum absolute atomic E-state index is 6.03. The van der Waals surface area contributed by atoms with Crippen LogP contribution in [0.3, 0.4) is 0 Å². The fourth-order valence-electron chi connectivity index (χ4n) is 3.08. The maximum atomic E-state index is 6.03. The van der Waals surface area contributed by atoms with Gasteiger partial charge in [0, 0.05) is 12.6 Å². The second-order valence-corrected chi connectivity index (χ2v) is 6.17. The molecule has 2 rings (SSSR count). The zero-order valence-electron chi connectivity index (χ0n) is 13.9. The van der Waals surface area contributed by atoms with E-state index in [1.54, 1.807) is 7.11 Å². The predicted octanol–water partition coefficient (Wildman–Crippen LogP) is 3.17. The number of methoxy groups -OCH3 is 1. The smallest absolute Gasteiger partial charge is 0.188 e. The van der Waals surface area contributed by atoms with E-state index in [1.165, 1.54) is 49.7 Å². The molecular formula is C18H29N3O. The first-order valence-electron chi connectivity index (χ1n) is 8.39. The van der Waals surface area contributed by atoms with E-state index in [1.807, 2.05) is 6.07 Å². The van der Waals surface area contributed by atoms with Crippen LogP contribution in [0, 0.1) is 6.92 Å². The van der Waals surface area contributed by atoms with Crippen LogP contribution < -0.4 is 15.8 Å². The summed E-state index contributed by atoms with van der Waals surface area (Å²) in [7, 11) is 1.71. The van der Waals surface area contributed by atoms with Gasteiger partial charge in [-0.3, -0.25) is 4.99 Å². The first kappa shape index (κ1) is 16.7. The predicted molar refractivity (Wildman–Crippen MR) is 92.6 cm³/mol. The zero-order valence-corrected chi connectivity index (χ0v) is 13.9. The molecule has 1 saturated carbocycles. The molecule has 4 nitrogen and oxygen atoms in total. The monoisotopic (exact) mass is 303 g/mol. The number of rotatable bonds is 5. The number of hydrogen-bond donors (Lipinski definition) is 2. The number of aliphatic imine (C=N–C) groups is 1. The second kappa shape index (κ2) is 8.66. The largest absolute Gasteiger partial charge is 0.496 e. The number of nitrogens with one attached hydrogen (secondary N) is 1. The number of ether oxygens (including phenoxy) is 1. The molecule has 0 amide bonds. The quantitative estimate of drug-likeness (QED) is 0.499. The minimum Gasteiger partial charge on any atom is -0.496 e. The summed E-state index contributed by atoms with van der Waals surface area (Å²) in [6, 6.07) is 6.73. The molecule has 22 heavy (non-hydrogen) atoms. The van der Waals surface area contributed by atoms with E-state index in [2.05, 4.69) is 29.4 Å². The van der Waals surface area contributed by atoms with Crippen LogP contribution in [-0.4, -0.2) is 25.7 Å². The van der Waals surface area contributed by atoms with Gasteiger partial charge in [-0.1, -0.05) is 43.4 Å². The van der Waals surface area contributed by atoms with Gasteiger partial charge in [0.15, 0.2) is 5.96 Å². The molecule has 3 N–H and O–H groups in total. The highest BCUT2D eigenvalue weighted by molar-refractivity contribution is 5.78. The first-order chi connectivity index (χ1) is 10.7. The van der Waals surface area contributed by atoms with Gasteiger partial charge in [0.2, 0.25) is 0 Å². The molecule has 0 radical (unpaired) electrons. The standard InChI is InChI=1S/C18H29N3O/c1-14-9-10-17(22-2)15(13-14)11-12-20-18(19)21-16-7-5-3-4-6-8-16/h9-10,13,16H,3-8,11-12H2,1-2H3,(H3,19,20,21). The van der Waals surface area contributed by atoms with Crippen molar-refractivity contribution >= 4 is 5.96 Å². The summed E-state index contributed by atoms with van der Waals surface area (Å²) in [5.74, 6) is 1.51. The Morgan fingerprint density at radius 1 is 1.27 bits per heavy atom. The van der Waals surface area contributed by atoms with Crippen LogP contribution in [0.2, 0.25) is 0 Å². The Morgan fingerprint density at radius 2 is 2.00 bits per heavy atom. The lowest BCUT2D eigenvalue weighted by molar-refractivity contribution is 0.409. The van der Waals surface area contributed by atoms with Gasteiger partial charge in [-0.05, 0) is 37.8 Å². The summed E-state index contributed by atoms with van der Waals surface area (Å²) >= 11 is 0. The Hall–Kier alpha value is -1.71. The molecule has 0 spiro atoms. The molecule has 0 bridgehead atoms. The highest BCUT2D eigenvalue weighted by Crippen LogP contribution is 2.20. The minimum absolute atomic E-state index is 0.500. The van der Waals surface area contributed by atoms with Gasteiger partial charge in [-0.15, -0.1) is 0 Å². The Bertz CT molecular complexity index is 491. The SMILES string of the molecule is COc1ccc(C)cc1CCN=C(N)NC1CCCCCC1. The van der Waals surface area contributed by atoms with Crippen LogP contribution in [-0.2, 0) is 6.42 Å². The highest BCUT2D eigenvalue weighted by Gasteiger charge is 2.12. The van der Waals surface area contributed by atoms with Gasteiger partial charge in [-0.25, -0.2) is 0 Å². The van der Waals surface area contributed by atoms with Crippen molar-refractivity contribution in [3.63, 3.8) is 0 Å². The molecule has 0 unspecified atom stereocenters. The van der Waals surface area contributed by atoms with Crippen LogP contribution >= 0.6 is 0 Å². The average molecular weight is 303 g/mol. The van der Waals surface area contributed by atoms with Crippen molar-refractivity contribution in [2.45, 2.75) is 57.9 Å². The van der Waals surface area contributed by atoms with Crippen molar-refractivity contribution in [2.24, 2.45) is 10.7 Å². The van der Waals surface area contributed by atoms with Crippen LogP contribution in [0.25, 0.3) is 0 Å². The number of benzene rings is 1. The van der Waals surface area contributed by atoms with Crippen molar-refractivity contribution in [2.75, 3.05) is 13.7 Å². The van der Waals surface area contributed by atoms with Crippen LogP contribution in [0.15, 0.2) is 23.2 Å². The highest BCUT2D eigenvalue weighted by atomic mass is 16.5. The number of guanidine groups is 1. The molecule has 1 aromatic rings. The van der Waals surface area contributed by atoms with Crippen molar-refractivity contribution in [3.8, 4) is 5.75 Å². The summed E-state index contributed by atoms with van der Waals surface area (Å²) in [6.45, 7) is 2.78. The summed E-state index contributed by atoms with van der Waals surface area (Å²) in [5.41, 5.74) is 8.46. The summed E-state index contributed by atoms with van der Waals surface area (Å²) in [5, 5.41) is 3.38. The van der Waals surface area contributed by atoms with E-state index in [9.17, 15) is 0 Å². The van der Waals surface area contributed by atoms with Gasteiger partial charge in [0.05, 0.1) is 7.11 Å². The lowest BCUT2D eigenvalue weighted by Gasteiger charge is -2.16. The van der Waals surface area contributed by atoms with Gasteiger partial charge in [0.25, 0.3) is 0 Å². The number of hydrogen-bond acceptors (Lipinski definition) is 2. The van der Waals surface area contributed by atoms with E-state index in [4.69, 9.17) is 10.5 Å². The van der Waals surface area contributed by atoms with E-state index < -0.39 is 0 Å². The third-order valence-corrected chi connectivity index (χ3v) is 4.31. The molecule has 1 aliphatic rings. The fourth-order valence-corrected chi connectivity index (χ4v) is 3.08. The molecule has 4 heteroatoms. The Morgan fingerprint density at radius 3 is 2.68 bits per heavy atom. The molecule has 0 aliphatic heterocycles. The molecule has 0 saturated heterocycles. The van der Waals surface area contributed by atoms with E-state index in [0.29, 0.717) is 18.5 Å². The summed E-state index contributed by atoms with van der Waals surface area (Å²) < 4.78 is 5.40. The number of aryl methyl sites for hydroxylation is 1. The third kappa shape index (κ3) is 5.24. The van der Waals surface area contributed by atoms with Gasteiger partial charge in [0.1, 0.15) is 5.75 Å². The maximum Gasteiger partial charge on any atom is 0.188 e. The molecule has 1 aliphatic carbocycles. The first-order valence-corrected chi connectivity index (χ1v) is 8.39. The van der Waals surface area contributed by atoms with Gasteiger partial charge in [-0.2, -0.15) is 0 Å². The van der Waals surface area contributed by atoms with E-state index in [0.717, 1.165) is 12.2 Å². The van der Waals surface area contributed by atoms with Crippen molar-refractivity contribution in [3.05, 3.63) is 29.3 Å². The van der Waals surface area contributed by atoms with Crippen molar-refractivity contribution < 1.29 is 4.74 Å². The minimum atomic E-state index is 0.500. The van der Waals surface area contributed by atoms with E-state index in [-0.39, 0.29) is 0 Å². The van der Waals surface area contributed by atoms with Crippen molar-refractivity contribution in [1.29, 1.82) is 0 Å². The zero-order chi connectivity index (χ0) is 15.8. The lowest BCUT2D eigenvalue weighted by atomic mass is 10.1. The van der Waals surface area contributed by atoms with E-state index >= 15 is 0 Å². The Kier molecular flexibility index (Phi) is 6.56. The molecule has 0 aromatic heterocycles. The van der Waals surface area contributed by atoms with Crippen LogP contribution in [0.5, 0.6) is 5.75 Å². The molecule has 0 atom stereocenters.